The Balaban J connectivity index is 1.51. The van der Waals surface area contributed by atoms with E-state index < -0.39 is 17.7 Å². The topological polar surface area (TPSA) is 81.5 Å². The molecule has 8 heteroatoms. The third-order valence-corrected chi connectivity index (χ3v) is 5.39. The largest absolute Gasteiger partial charge is 0.489 e. The Bertz CT molecular complexity index is 896. The van der Waals surface area contributed by atoms with Gasteiger partial charge < -0.3 is 14.6 Å². The molecule has 0 aliphatic heterocycles. The van der Waals surface area contributed by atoms with E-state index in [2.05, 4.69) is 9.97 Å². The fourth-order valence-electron chi connectivity index (χ4n) is 3.14. The minimum atomic E-state index is -0.855. The number of hydrogen-bond acceptors (Lipinski definition) is 5. The average molecular weight is 407 g/mol. The monoisotopic (exact) mass is 406 g/mol. The average Bonchev–Trinajstić information content (AvgIpc) is 3.37. The van der Waals surface area contributed by atoms with E-state index in [-0.39, 0.29) is 29.4 Å². The Hall–Kier alpha value is -2.41. The third kappa shape index (κ3) is 4.04. The van der Waals surface area contributed by atoms with Gasteiger partial charge in [-0.1, -0.05) is 11.6 Å². The summed E-state index contributed by atoms with van der Waals surface area (Å²) in [6.07, 6.45) is 3.88. The Kier molecular flexibility index (Phi) is 5.10. The van der Waals surface area contributed by atoms with Gasteiger partial charge in [0.2, 0.25) is 5.88 Å². The number of ether oxygens (including phenoxy) is 2. The van der Waals surface area contributed by atoms with Gasteiger partial charge in [0, 0.05) is 23.2 Å². The molecule has 2 aliphatic rings. The van der Waals surface area contributed by atoms with Crippen LogP contribution >= 0.6 is 11.6 Å². The normalized spacial score (nSPS) is 21.1. The highest BCUT2D eigenvalue weighted by Gasteiger charge is 2.43. The van der Waals surface area contributed by atoms with E-state index in [0.29, 0.717) is 29.4 Å². The Labute approximate surface area is 166 Å². The Morgan fingerprint density at radius 1 is 1.32 bits per heavy atom. The van der Waals surface area contributed by atoms with E-state index in [0.717, 1.165) is 19.3 Å². The first-order valence-corrected chi connectivity index (χ1v) is 9.66. The van der Waals surface area contributed by atoms with Gasteiger partial charge in [-0.25, -0.2) is 9.37 Å². The van der Waals surface area contributed by atoms with Crippen LogP contribution in [0.25, 0.3) is 11.4 Å². The summed E-state index contributed by atoms with van der Waals surface area (Å²) in [4.78, 5) is 19.6. The number of carbonyl (C=O) groups is 1. The fraction of sp³-hybridized carbons (Fsp3) is 0.450. The van der Waals surface area contributed by atoms with Crippen molar-refractivity contribution in [3.8, 4) is 23.0 Å². The molecule has 1 aromatic heterocycles. The maximum atomic E-state index is 14.6. The number of carboxylic acids is 1. The van der Waals surface area contributed by atoms with Gasteiger partial charge in [0.25, 0.3) is 0 Å². The quantitative estimate of drug-likeness (QED) is 0.739. The molecule has 148 valence electrons. The standard InChI is InChI=1S/C20H20ClFN2O4/c1-10-5-17(28-13-3-2-4-13)24-19(23-10)11-7-15(21)18(16(22)8-11)27-9-12-6-14(12)20(25)26/h5,7-8,12-14H,2-4,6,9H2,1H3,(H,25,26). The minimum absolute atomic E-state index is 0.0833. The maximum absolute atomic E-state index is 14.6. The lowest BCUT2D eigenvalue weighted by atomic mass is 9.96. The summed E-state index contributed by atoms with van der Waals surface area (Å²) < 4.78 is 25.9. The van der Waals surface area contributed by atoms with Gasteiger partial charge in [-0.05, 0) is 44.7 Å². The minimum Gasteiger partial charge on any atom is -0.489 e. The van der Waals surface area contributed by atoms with E-state index in [1.165, 1.54) is 6.07 Å². The van der Waals surface area contributed by atoms with Crippen molar-refractivity contribution in [1.29, 1.82) is 0 Å². The smallest absolute Gasteiger partial charge is 0.306 e. The van der Waals surface area contributed by atoms with Crippen LogP contribution < -0.4 is 9.47 Å². The van der Waals surface area contributed by atoms with Crippen LogP contribution in [0.5, 0.6) is 11.6 Å². The summed E-state index contributed by atoms with van der Waals surface area (Å²) in [5.41, 5.74) is 1.14. The number of halogens is 2. The third-order valence-electron chi connectivity index (χ3n) is 5.11. The molecule has 0 amide bonds. The molecule has 4 rings (SSSR count). The summed E-state index contributed by atoms with van der Waals surface area (Å²) in [5, 5.41) is 9.02. The van der Waals surface area contributed by atoms with E-state index in [1.54, 1.807) is 12.1 Å². The molecule has 1 aromatic carbocycles. The lowest BCUT2D eigenvalue weighted by molar-refractivity contribution is -0.138. The molecule has 2 saturated carbocycles. The van der Waals surface area contributed by atoms with Gasteiger partial charge in [0.05, 0.1) is 17.5 Å². The Morgan fingerprint density at radius 3 is 2.71 bits per heavy atom. The zero-order valence-electron chi connectivity index (χ0n) is 15.3. The molecule has 2 unspecified atom stereocenters. The number of hydrogen-bond donors (Lipinski definition) is 1. The van der Waals surface area contributed by atoms with Crippen LogP contribution in [-0.4, -0.2) is 33.8 Å². The molecule has 1 heterocycles. The number of benzene rings is 1. The van der Waals surface area contributed by atoms with Crippen molar-refractivity contribution < 1.29 is 23.8 Å². The van der Waals surface area contributed by atoms with Gasteiger partial charge in [-0.3, -0.25) is 4.79 Å². The van der Waals surface area contributed by atoms with Gasteiger partial charge >= 0.3 is 5.97 Å². The van der Waals surface area contributed by atoms with Crippen molar-refractivity contribution in [2.75, 3.05) is 6.61 Å². The number of nitrogens with zero attached hydrogens (tertiary/aromatic N) is 2. The molecule has 28 heavy (non-hydrogen) atoms. The van der Waals surface area contributed by atoms with Gasteiger partial charge in [0.1, 0.15) is 6.10 Å². The van der Waals surface area contributed by atoms with Crippen molar-refractivity contribution in [1.82, 2.24) is 9.97 Å². The number of aliphatic carboxylic acids is 1. The fourth-order valence-corrected chi connectivity index (χ4v) is 3.40. The summed E-state index contributed by atoms with van der Waals surface area (Å²) in [6.45, 7) is 1.94. The van der Waals surface area contributed by atoms with Crippen molar-refractivity contribution in [3.05, 3.63) is 34.7 Å². The predicted octanol–water partition coefficient (Wildman–Crippen LogP) is 4.28. The molecule has 6 nitrogen and oxygen atoms in total. The van der Waals surface area contributed by atoms with Crippen LogP contribution in [0.3, 0.4) is 0 Å². The molecule has 1 N–H and O–H groups in total. The zero-order valence-corrected chi connectivity index (χ0v) is 16.1. The summed E-state index contributed by atoms with van der Waals surface area (Å²) in [7, 11) is 0. The van der Waals surface area contributed by atoms with Crippen LogP contribution in [-0.2, 0) is 4.79 Å². The number of rotatable bonds is 7. The first-order valence-electron chi connectivity index (χ1n) is 9.28. The maximum Gasteiger partial charge on any atom is 0.306 e. The molecule has 0 saturated heterocycles. The van der Waals surface area contributed by atoms with Gasteiger partial charge in [0.15, 0.2) is 17.4 Å². The Morgan fingerprint density at radius 2 is 2.11 bits per heavy atom. The number of aromatic nitrogens is 2. The molecular weight excluding hydrogens is 387 g/mol. The lowest BCUT2D eigenvalue weighted by Crippen LogP contribution is -2.25. The molecule has 2 aromatic rings. The second-order valence-electron chi connectivity index (χ2n) is 7.36. The lowest BCUT2D eigenvalue weighted by Gasteiger charge is -2.25. The first-order chi connectivity index (χ1) is 13.4. The van der Waals surface area contributed by atoms with E-state index in [1.807, 2.05) is 6.92 Å². The summed E-state index contributed by atoms with van der Waals surface area (Å²) >= 11 is 6.21. The second kappa shape index (κ2) is 7.54. The van der Waals surface area contributed by atoms with Crippen molar-refractivity contribution in [3.63, 3.8) is 0 Å². The van der Waals surface area contributed by atoms with Crippen molar-refractivity contribution in [2.24, 2.45) is 11.8 Å². The first kappa shape index (κ1) is 18.9. The predicted molar refractivity (Wildman–Crippen MR) is 100 cm³/mol. The van der Waals surface area contributed by atoms with E-state index >= 15 is 0 Å². The van der Waals surface area contributed by atoms with Gasteiger partial charge in [-0.15, -0.1) is 0 Å². The zero-order chi connectivity index (χ0) is 19.8. The molecule has 0 radical (unpaired) electrons. The highest BCUT2D eigenvalue weighted by Crippen LogP contribution is 2.40. The highest BCUT2D eigenvalue weighted by atomic mass is 35.5. The highest BCUT2D eigenvalue weighted by molar-refractivity contribution is 6.32. The molecule has 0 spiro atoms. The van der Waals surface area contributed by atoms with E-state index in [4.69, 9.17) is 26.2 Å². The molecular formula is C20H20ClFN2O4. The molecule has 2 aliphatic carbocycles. The molecule has 2 atom stereocenters. The van der Waals surface area contributed by atoms with E-state index in [9.17, 15) is 9.18 Å². The van der Waals surface area contributed by atoms with Gasteiger partial charge in [-0.2, -0.15) is 4.98 Å². The second-order valence-corrected chi connectivity index (χ2v) is 7.77. The molecule has 2 fully saturated rings. The summed E-state index contributed by atoms with van der Waals surface area (Å²) in [6, 6.07) is 4.57. The van der Waals surface area contributed by atoms with Crippen LogP contribution in [0.2, 0.25) is 5.02 Å². The van der Waals surface area contributed by atoms with Crippen molar-refractivity contribution in [2.45, 2.75) is 38.7 Å². The van der Waals surface area contributed by atoms with Crippen LogP contribution in [0.4, 0.5) is 4.39 Å². The SMILES string of the molecule is Cc1cc(OC2CCC2)nc(-c2cc(F)c(OCC3CC3C(=O)O)c(Cl)c2)n1. The molecule has 0 bridgehead atoms. The van der Waals surface area contributed by atoms with Crippen LogP contribution in [0.1, 0.15) is 31.4 Å². The summed E-state index contributed by atoms with van der Waals surface area (Å²) in [5.74, 6) is -1.31. The van der Waals surface area contributed by atoms with Crippen LogP contribution in [0.15, 0.2) is 18.2 Å². The number of carboxylic acid groups (broad SMARTS) is 1. The van der Waals surface area contributed by atoms with Crippen molar-refractivity contribution >= 4 is 17.6 Å². The number of aryl methyl sites for hydroxylation is 1. The van der Waals surface area contributed by atoms with Crippen LogP contribution in [0, 0.1) is 24.6 Å².